The predicted octanol–water partition coefficient (Wildman–Crippen LogP) is -0.220. The van der Waals surface area contributed by atoms with Crippen molar-refractivity contribution in [2.24, 2.45) is 0 Å². The highest BCUT2D eigenvalue weighted by Crippen LogP contribution is 2.07. The molecule has 1 aliphatic heterocycles. The number of carbonyl (C=O) groups is 2. The number of nitrogens with zero attached hydrogens (tertiary/aromatic N) is 3. The van der Waals surface area contributed by atoms with Crippen molar-refractivity contribution in [3.8, 4) is 0 Å². The number of morpholine rings is 1. The van der Waals surface area contributed by atoms with Crippen molar-refractivity contribution in [2.75, 3.05) is 19.8 Å². The molecule has 0 aliphatic carbocycles. The van der Waals surface area contributed by atoms with Gasteiger partial charge in [-0.2, -0.15) is 0 Å². The second kappa shape index (κ2) is 6.29. The Morgan fingerprint density at radius 1 is 1.50 bits per heavy atom. The standard InChI is InChI=1S/C12H16N4O4/c1-8-4-14-9(5-13-8)6-15-12(19)16-2-3-20-7-10(16)11(17)18/h4-5,10H,2-3,6-7H2,1H3,(H,15,19)(H,17,18). The molecule has 0 aromatic carbocycles. The summed E-state index contributed by atoms with van der Waals surface area (Å²) in [4.78, 5) is 32.5. The van der Waals surface area contributed by atoms with Gasteiger partial charge in [-0.15, -0.1) is 0 Å². The van der Waals surface area contributed by atoms with E-state index in [0.29, 0.717) is 12.3 Å². The van der Waals surface area contributed by atoms with Gasteiger partial charge in [0, 0.05) is 12.7 Å². The van der Waals surface area contributed by atoms with E-state index in [4.69, 9.17) is 9.84 Å². The van der Waals surface area contributed by atoms with Gasteiger partial charge in [-0.05, 0) is 6.92 Å². The minimum atomic E-state index is -1.07. The molecule has 0 radical (unpaired) electrons. The van der Waals surface area contributed by atoms with Crippen molar-refractivity contribution >= 4 is 12.0 Å². The quantitative estimate of drug-likeness (QED) is 0.793. The molecule has 8 nitrogen and oxygen atoms in total. The van der Waals surface area contributed by atoms with Crippen LogP contribution in [0.2, 0.25) is 0 Å². The molecule has 8 heteroatoms. The molecular weight excluding hydrogens is 264 g/mol. The fourth-order valence-electron chi connectivity index (χ4n) is 1.83. The minimum Gasteiger partial charge on any atom is -0.480 e. The topological polar surface area (TPSA) is 105 Å². The lowest BCUT2D eigenvalue weighted by molar-refractivity contribution is -0.147. The van der Waals surface area contributed by atoms with E-state index in [1.807, 2.05) is 6.92 Å². The van der Waals surface area contributed by atoms with Crippen molar-refractivity contribution in [2.45, 2.75) is 19.5 Å². The van der Waals surface area contributed by atoms with Gasteiger partial charge in [0.05, 0.1) is 37.3 Å². The lowest BCUT2D eigenvalue weighted by Gasteiger charge is -2.32. The van der Waals surface area contributed by atoms with E-state index in [9.17, 15) is 9.59 Å². The lowest BCUT2D eigenvalue weighted by atomic mass is 10.2. The average Bonchev–Trinajstić information content (AvgIpc) is 2.46. The molecule has 20 heavy (non-hydrogen) atoms. The van der Waals surface area contributed by atoms with Gasteiger partial charge >= 0.3 is 12.0 Å². The molecule has 2 amide bonds. The highest BCUT2D eigenvalue weighted by molar-refractivity contribution is 5.82. The normalized spacial score (nSPS) is 18.6. The van der Waals surface area contributed by atoms with Crippen molar-refractivity contribution in [3.63, 3.8) is 0 Å². The second-order valence-corrected chi connectivity index (χ2v) is 4.43. The van der Waals surface area contributed by atoms with Crippen LogP contribution in [0.4, 0.5) is 4.79 Å². The zero-order valence-corrected chi connectivity index (χ0v) is 11.1. The SMILES string of the molecule is Cc1cnc(CNC(=O)N2CCOCC2C(=O)O)cn1. The van der Waals surface area contributed by atoms with Crippen LogP contribution in [0.25, 0.3) is 0 Å². The zero-order chi connectivity index (χ0) is 14.5. The molecule has 1 fully saturated rings. The Balaban J connectivity index is 1.93. The van der Waals surface area contributed by atoms with Crippen molar-refractivity contribution < 1.29 is 19.4 Å². The third-order valence-corrected chi connectivity index (χ3v) is 2.93. The molecule has 1 aromatic rings. The zero-order valence-electron chi connectivity index (χ0n) is 11.1. The molecule has 2 N–H and O–H groups in total. The van der Waals surface area contributed by atoms with Crippen LogP contribution >= 0.6 is 0 Å². The van der Waals surface area contributed by atoms with Gasteiger partial charge in [0.1, 0.15) is 0 Å². The third-order valence-electron chi connectivity index (χ3n) is 2.93. The number of ether oxygens (including phenoxy) is 1. The number of aromatic nitrogens is 2. The fourth-order valence-corrected chi connectivity index (χ4v) is 1.83. The number of amides is 2. The van der Waals surface area contributed by atoms with Gasteiger partial charge in [-0.1, -0.05) is 0 Å². The first-order valence-corrected chi connectivity index (χ1v) is 6.20. The molecule has 0 saturated carbocycles. The number of nitrogens with one attached hydrogen (secondary N) is 1. The summed E-state index contributed by atoms with van der Waals surface area (Å²) < 4.78 is 5.07. The molecule has 1 saturated heterocycles. The van der Waals surface area contributed by atoms with E-state index in [-0.39, 0.29) is 19.7 Å². The Bertz CT molecular complexity index is 491. The summed E-state index contributed by atoms with van der Waals surface area (Å²) in [7, 11) is 0. The number of urea groups is 1. The number of aliphatic carboxylic acids is 1. The van der Waals surface area contributed by atoms with Crippen LogP contribution in [0.15, 0.2) is 12.4 Å². The smallest absolute Gasteiger partial charge is 0.328 e. The summed E-state index contributed by atoms with van der Waals surface area (Å²) in [6.07, 6.45) is 3.18. The molecule has 2 rings (SSSR count). The largest absolute Gasteiger partial charge is 0.480 e. The third kappa shape index (κ3) is 3.41. The van der Waals surface area contributed by atoms with Crippen LogP contribution in [-0.2, 0) is 16.1 Å². The first kappa shape index (κ1) is 14.2. The van der Waals surface area contributed by atoms with E-state index in [1.54, 1.807) is 12.4 Å². The first-order valence-electron chi connectivity index (χ1n) is 6.20. The highest BCUT2D eigenvalue weighted by Gasteiger charge is 2.32. The van der Waals surface area contributed by atoms with Crippen LogP contribution in [-0.4, -0.2) is 57.8 Å². The van der Waals surface area contributed by atoms with Gasteiger partial charge < -0.3 is 20.1 Å². The molecule has 0 bridgehead atoms. The summed E-state index contributed by atoms with van der Waals surface area (Å²) >= 11 is 0. The monoisotopic (exact) mass is 280 g/mol. The maximum atomic E-state index is 12.0. The Morgan fingerprint density at radius 3 is 2.95 bits per heavy atom. The summed E-state index contributed by atoms with van der Waals surface area (Å²) in [5.74, 6) is -1.07. The van der Waals surface area contributed by atoms with Gasteiger partial charge in [-0.25, -0.2) is 9.59 Å². The van der Waals surface area contributed by atoms with E-state index >= 15 is 0 Å². The number of carbonyl (C=O) groups excluding carboxylic acids is 1. The summed E-state index contributed by atoms with van der Waals surface area (Å²) in [6, 6.07) is -1.39. The Kier molecular flexibility index (Phi) is 4.46. The van der Waals surface area contributed by atoms with E-state index in [1.165, 1.54) is 4.90 Å². The van der Waals surface area contributed by atoms with Crippen LogP contribution in [0.3, 0.4) is 0 Å². The molecule has 2 heterocycles. The lowest BCUT2D eigenvalue weighted by Crippen LogP contribution is -2.55. The Morgan fingerprint density at radius 2 is 2.30 bits per heavy atom. The van der Waals surface area contributed by atoms with E-state index in [0.717, 1.165) is 5.69 Å². The second-order valence-electron chi connectivity index (χ2n) is 4.43. The van der Waals surface area contributed by atoms with Crippen molar-refractivity contribution in [3.05, 3.63) is 23.8 Å². The number of aryl methyl sites for hydroxylation is 1. The highest BCUT2D eigenvalue weighted by atomic mass is 16.5. The molecule has 108 valence electrons. The number of carboxylic acid groups (broad SMARTS) is 1. The van der Waals surface area contributed by atoms with Gasteiger partial charge in [0.15, 0.2) is 6.04 Å². The number of rotatable bonds is 3. The number of hydrogen-bond donors (Lipinski definition) is 2. The van der Waals surface area contributed by atoms with Crippen LogP contribution in [0.1, 0.15) is 11.4 Å². The molecule has 1 unspecified atom stereocenters. The number of hydrogen-bond acceptors (Lipinski definition) is 5. The Hall–Kier alpha value is -2.22. The van der Waals surface area contributed by atoms with Gasteiger partial charge in [0.25, 0.3) is 0 Å². The Labute approximate surface area is 115 Å². The van der Waals surface area contributed by atoms with Gasteiger partial charge in [0.2, 0.25) is 0 Å². The molecule has 1 aromatic heterocycles. The van der Waals surface area contributed by atoms with Crippen molar-refractivity contribution in [1.29, 1.82) is 0 Å². The van der Waals surface area contributed by atoms with E-state index < -0.39 is 18.0 Å². The van der Waals surface area contributed by atoms with Crippen LogP contribution in [0.5, 0.6) is 0 Å². The maximum absolute atomic E-state index is 12.0. The minimum absolute atomic E-state index is 0.00703. The van der Waals surface area contributed by atoms with Crippen LogP contribution in [0, 0.1) is 6.92 Å². The molecule has 1 atom stereocenters. The molecule has 0 spiro atoms. The summed E-state index contributed by atoms with van der Waals surface area (Å²) in [6.45, 7) is 2.62. The maximum Gasteiger partial charge on any atom is 0.328 e. The summed E-state index contributed by atoms with van der Waals surface area (Å²) in [5, 5.41) is 11.7. The fraction of sp³-hybridized carbons (Fsp3) is 0.500. The van der Waals surface area contributed by atoms with E-state index in [2.05, 4.69) is 15.3 Å². The molecular formula is C12H16N4O4. The molecule has 1 aliphatic rings. The average molecular weight is 280 g/mol. The summed E-state index contributed by atoms with van der Waals surface area (Å²) in [5.41, 5.74) is 1.41. The van der Waals surface area contributed by atoms with Gasteiger partial charge in [-0.3, -0.25) is 9.97 Å². The first-order chi connectivity index (χ1) is 9.58. The predicted molar refractivity (Wildman–Crippen MR) is 68.0 cm³/mol. The van der Waals surface area contributed by atoms with Crippen LogP contribution < -0.4 is 5.32 Å². The van der Waals surface area contributed by atoms with Crippen molar-refractivity contribution in [1.82, 2.24) is 20.2 Å². The number of carboxylic acids is 1.